The first-order valence-corrected chi connectivity index (χ1v) is 9.66. The van der Waals surface area contributed by atoms with E-state index < -0.39 is 0 Å². The Morgan fingerprint density at radius 1 is 1.29 bits per heavy atom. The molecule has 1 aromatic heterocycles. The zero-order valence-electron chi connectivity index (χ0n) is 14.9. The van der Waals surface area contributed by atoms with Gasteiger partial charge in [-0.05, 0) is 35.4 Å². The second-order valence-corrected chi connectivity index (χ2v) is 7.53. The molecule has 7 nitrogen and oxygen atoms in total. The van der Waals surface area contributed by atoms with E-state index in [4.69, 9.17) is 21.1 Å². The maximum atomic E-state index is 12.1. The van der Waals surface area contributed by atoms with E-state index in [0.717, 1.165) is 15.6 Å². The van der Waals surface area contributed by atoms with E-state index in [2.05, 4.69) is 31.3 Å². The van der Waals surface area contributed by atoms with Crippen LogP contribution in [0.2, 0.25) is 5.02 Å². The maximum absolute atomic E-state index is 12.1. The zero-order chi connectivity index (χ0) is 19.7. The van der Waals surface area contributed by atoms with Gasteiger partial charge in [0, 0.05) is 9.50 Å². The van der Waals surface area contributed by atoms with Crippen LogP contribution < -0.4 is 14.8 Å². The van der Waals surface area contributed by atoms with Gasteiger partial charge in [0.15, 0.2) is 11.5 Å². The van der Waals surface area contributed by atoms with Gasteiger partial charge in [-0.15, -0.1) is 0 Å². The molecule has 144 valence electrons. The molecule has 2 aromatic carbocycles. The van der Waals surface area contributed by atoms with Crippen LogP contribution in [-0.2, 0) is 11.4 Å². The summed E-state index contributed by atoms with van der Waals surface area (Å²) in [5, 5.41) is 7.63. The van der Waals surface area contributed by atoms with Crippen molar-refractivity contribution in [2.24, 2.45) is 0 Å². The molecule has 28 heavy (non-hydrogen) atoms. The van der Waals surface area contributed by atoms with Gasteiger partial charge in [-0.2, -0.15) is 10.1 Å². The van der Waals surface area contributed by atoms with Crippen LogP contribution in [0.15, 0.2) is 47.2 Å². The number of anilines is 1. The molecule has 0 saturated carbocycles. The number of halogens is 2. The smallest absolute Gasteiger partial charge is 0.229 e. The minimum atomic E-state index is -0.292. The molecule has 0 saturated heterocycles. The lowest BCUT2D eigenvalue weighted by molar-refractivity contribution is -0.117. The average molecular weight is 464 g/mol. The highest BCUT2D eigenvalue weighted by molar-refractivity contribution is 9.10. The van der Waals surface area contributed by atoms with Gasteiger partial charge in [-0.3, -0.25) is 10.1 Å². The summed E-state index contributed by atoms with van der Waals surface area (Å²) in [5.74, 6) is 1.47. The fraction of sp³-hybridized carbons (Fsp3) is 0.211. The minimum Gasteiger partial charge on any atom is -0.493 e. The lowest BCUT2D eigenvalue weighted by atomic mass is 10.0. The number of benzene rings is 2. The number of amides is 1. The molecule has 1 N–H and O–H groups in total. The Labute approximate surface area is 174 Å². The Hall–Kier alpha value is -2.58. The third kappa shape index (κ3) is 3.70. The van der Waals surface area contributed by atoms with E-state index in [0.29, 0.717) is 29.1 Å². The number of methoxy groups -OCH3 is 1. The summed E-state index contributed by atoms with van der Waals surface area (Å²) in [6, 6.07) is 10.9. The van der Waals surface area contributed by atoms with Crippen molar-refractivity contribution in [3.63, 3.8) is 0 Å². The van der Waals surface area contributed by atoms with Gasteiger partial charge >= 0.3 is 0 Å². The van der Waals surface area contributed by atoms with Crippen LogP contribution in [0.3, 0.4) is 0 Å². The average Bonchev–Trinajstić information content (AvgIpc) is 3.15. The number of carbonyl (C=O) groups excluding carboxylic acids is 1. The van der Waals surface area contributed by atoms with E-state index in [9.17, 15) is 4.79 Å². The predicted molar refractivity (Wildman–Crippen MR) is 108 cm³/mol. The Morgan fingerprint density at radius 3 is 2.82 bits per heavy atom. The normalized spacial score (nSPS) is 15.7. The summed E-state index contributed by atoms with van der Waals surface area (Å²) in [5.41, 5.74) is 1.85. The number of carbonyl (C=O) groups is 1. The molecule has 4 rings (SSSR count). The van der Waals surface area contributed by atoms with Crippen molar-refractivity contribution in [3.8, 4) is 11.5 Å². The Bertz CT molecular complexity index is 1020. The monoisotopic (exact) mass is 462 g/mol. The molecule has 1 aliphatic rings. The van der Waals surface area contributed by atoms with Crippen LogP contribution in [0.25, 0.3) is 0 Å². The Kier molecular flexibility index (Phi) is 5.23. The van der Waals surface area contributed by atoms with Crippen LogP contribution in [-0.4, -0.2) is 27.8 Å². The lowest BCUT2D eigenvalue weighted by Gasteiger charge is -2.25. The van der Waals surface area contributed by atoms with E-state index >= 15 is 0 Å². The van der Waals surface area contributed by atoms with Crippen LogP contribution in [0, 0.1) is 0 Å². The van der Waals surface area contributed by atoms with Gasteiger partial charge in [-0.25, -0.2) is 4.68 Å². The third-order valence-electron chi connectivity index (χ3n) is 4.45. The van der Waals surface area contributed by atoms with Gasteiger partial charge < -0.3 is 9.47 Å². The summed E-state index contributed by atoms with van der Waals surface area (Å²) in [6.07, 6.45) is 1.67. The number of ether oxygens (including phenoxy) is 2. The van der Waals surface area contributed by atoms with Crippen molar-refractivity contribution in [1.82, 2.24) is 14.8 Å². The molecule has 1 amide bonds. The number of aromatic nitrogens is 3. The van der Waals surface area contributed by atoms with Crippen LogP contribution in [0.4, 0.5) is 5.95 Å². The quantitative estimate of drug-likeness (QED) is 0.613. The van der Waals surface area contributed by atoms with Crippen molar-refractivity contribution >= 4 is 39.4 Å². The van der Waals surface area contributed by atoms with Crippen molar-refractivity contribution < 1.29 is 14.3 Å². The molecular weight excluding hydrogens is 448 g/mol. The molecule has 0 bridgehead atoms. The first-order chi connectivity index (χ1) is 13.5. The van der Waals surface area contributed by atoms with Crippen LogP contribution >= 0.6 is 27.5 Å². The van der Waals surface area contributed by atoms with Gasteiger partial charge in [0.05, 0.1) is 19.6 Å². The van der Waals surface area contributed by atoms with Crippen LogP contribution in [0.5, 0.6) is 11.5 Å². The van der Waals surface area contributed by atoms with E-state index in [1.165, 1.54) is 6.33 Å². The molecule has 0 spiro atoms. The number of nitrogens with zero attached hydrogens (tertiary/aromatic N) is 3. The molecule has 9 heteroatoms. The molecule has 2 heterocycles. The number of fused-ring (bicyclic) bond motifs is 1. The number of rotatable bonds is 5. The standard InChI is InChI=1S/C19H16BrClN4O3/c1-27-16-6-13(15-8-18(26)24-19-22-10-23-25(15)19)14(20)7-17(16)28-9-11-2-4-12(21)5-3-11/h2-7,10,15H,8-9H2,1H3,(H,22,23,24,26)/t15-/m1/s1. The SMILES string of the molecule is COc1cc([C@H]2CC(=O)Nc3ncnn32)c(Br)cc1OCc1ccc(Cl)cc1. The molecule has 1 aliphatic heterocycles. The van der Waals surface area contributed by atoms with Gasteiger partial charge in [0.2, 0.25) is 11.9 Å². The van der Waals surface area contributed by atoms with E-state index in [-0.39, 0.29) is 18.4 Å². The summed E-state index contributed by atoms with van der Waals surface area (Å²) in [6.45, 7) is 0.373. The highest BCUT2D eigenvalue weighted by atomic mass is 79.9. The largest absolute Gasteiger partial charge is 0.493 e. The topological polar surface area (TPSA) is 78.3 Å². The first kappa shape index (κ1) is 18.8. The maximum Gasteiger partial charge on any atom is 0.229 e. The lowest BCUT2D eigenvalue weighted by Crippen LogP contribution is -2.29. The highest BCUT2D eigenvalue weighted by Gasteiger charge is 2.30. The summed E-state index contributed by atoms with van der Waals surface area (Å²) in [4.78, 5) is 16.1. The summed E-state index contributed by atoms with van der Waals surface area (Å²) in [7, 11) is 1.58. The fourth-order valence-corrected chi connectivity index (χ4v) is 3.78. The summed E-state index contributed by atoms with van der Waals surface area (Å²) >= 11 is 9.52. The van der Waals surface area contributed by atoms with Crippen molar-refractivity contribution in [2.75, 3.05) is 12.4 Å². The molecule has 1 atom stereocenters. The third-order valence-corrected chi connectivity index (χ3v) is 5.39. The van der Waals surface area contributed by atoms with E-state index in [1.807, 2.05) is 36.4 Å². The van der Waals surface area contributed by atoms with E-state index in [1.54, 1.807) is 11.8 Å². The Balaban J connectivity index is 1.63. The molecule has 0 aliphatic carbocycles. The van der Waals surface area contributed by atoms with Gasteiger partial charge in [-0.1, -0.05) is 39.7 Å². The second-order valence-electron chi connectivity index (χ2n) is 6.24. The summed E-state index contributed by atoms with van der Waals surface area (Å²) < 4.78 is 13.9. The van der Waals surface area contributed by atoms with Gasteiger partial charge in [0.25, 0.3) is 0 Å². The first-order valence-electron chi connectivity index (χ1n) is 8.49. The molecular formula is C19H16BrClN4O3. The van der Waals surface area contributed by atoms with Crippen molar-refractivity contribution in [3.05, 3.63) is 63.3 Å². The Morgan fingerprint density at radius 2 is 2.07 bits per heavy atom. The number of hydrogen-bond acceptors (Lipinski definition) is 5. The second kappa shape index (κ2) is 7.81. The zero-order valence-corrected chi connectivity index (χ0v) is 17.2. The van der Waals surface area contributed by atoms with Gasteiger partial charge in [0.1, 0.15) is 12.9 Å². The number of hydrogen-bond donors (Lipinski definition) is 1. The number of nitrogens with one attached hydrogen (secondary N) is 1. The molecule has 3 aromatic rings. The molecule has 0 radical (unpaired) electrons. The molecule has 0 fully saturated rings. The van der Waals surface area contributed by atoms with Crippen LogP contribution in [0.1, 0.15) is 23.6 Å². The molecule has 0 unspecified atom stereocenters. The fourth-order valence-electron chi connectivity index (χ4n) is 3.07. The highest BCUT2D eigenvalue weighted by Crippen LogP contribution is 2.40. The predicted octanol–water partition coefficient (Wildman–Crippen LogP) is 4.21. The minimum absolute atomic E-state index is 0.112. The van der Waals surface area contributed by atoms with Crippen molar-refractivity contribution in [1.29, 1.82) is 0 Å². The van der Waals surface area contributed by atoms with Crippen molar-refractivity contribution in [2.45, 2.75) is 19.1 Å².